The molecule has 3 unspecified atom stereocenters. The third-order valence-corrected chi connectivity index (χ3v) is 5.34. The van der Waals surface area contributed by atoms with E-state index >= 15 is 0 Å². The van der Waals surface area contributed by atoms with Crippen LogP contribution in [0.5, 0.6) is 0 Å². The molecule has 0 radical (unpaired) electrons. The highest BCUT2D eigenvalue weighted by Crippen LogP contribution is 2.51. The first-order valence-corrected chi connectivity index (χ1v) is 8.25. The number of allylic oxidation sites excluding steroid dienone is 2. The van der Waals surface area contributed by atoms with E-state index in [1.54, 1.807) is 0 Å². The zero-order valence-corrected chi connectivity index (χ0v) is 13.6. The number of hydrogen-bond acceptors (Lipinski definition) is 1. The van der Waals surface area contributed by atoms with Crippen molar-refractivity contribution in [3.05, 3.63) is 76.4 Å². The highest BCUT2D eigenvalue weighted by molar-refractivity contribution is 5.64. The summed E-state index contributed by atoms with van der Waals surface area (Å²) in [7, 11) is 0. The van der Waals surface area contributed by atoms with Crippen molar-refractivity contribution in [2.45, 2.75) is 39.2 Å². The summed E-state index contributed by atoms with van der Waals surface area (Å²) in [6.07, 6.45) is 5.97. The summed E-state index contributed by atoms with van der Waals surface area (Å²) in [4.78, 5) is 0. The van der Waals surface area contributed by atoms with Crippen LogP contribution in [0.1, 0.15) is 46.2 Å². The number of nitrogens with one attached hydrogen (secondary N) is 1. The maximum Gasteiger partial charge on any atom is 0.0556 e. The Hall–Kier alpha value is -2.02. The molecule has 0 fully saturated rings. The van der Waals surface area contributed by atoms with Gasteiger partial charge >= 0.3 is 0 Å². The molecule has 0 spiro atoms. The number of aryl methyl sites for hydroxylation is 3. The Morgan fingerprint density at radius 3 is 2.64 bits per heavy atom. The topological polar surface area (TPSA) is 12.0 Å². The van der Waals surface area contributed by atoms with Crippen LogP contribution in [-0.2, 0) is 0 Å². The number of benzene rings is 2. The maximum atomic E-state index is 3.87. The molecular weight excluding hydrogens is 266 g/mol. The van der Waals surface area contributed by atoms with Crippen molar-refractivity contribution < 1.29 is 0 Å². The van der Waals surface area contributed by atoms with Gasteiger partial charge in [-0.2, -0.15) is 0 Å². The predicted octanol–water partition coefficient (Wildman–Crippen LogP) is 5.44. The Bertz CT molecular complexity index is 756. The van der Waals surface area contributed by atoms with Crippen LogP contribution >= 0.6 is 0 Å². The standard InChI is InChI=1S/C21H23N/c1-13-11-15(3)20-17-9-6-10-18(17)21(22-19(20)12-13)16-8-5-4-7-14(16)2/h4-9,11-12,17-18,21-22H,10H2,1-3H3. The molecule has 0 aromatic heterocycles. The Kier molecular flexibility index (Phi) is 3.11. The van der Waals surface area contributed by atoms with Crippen LogP contribution < -0.4 is 5.32 Å². The van der Waals surface area contributed by atoms with E-state index in [0.29, 0.717) is 17.9 Å². The molecule has 0 saturated heterocycles. The smallest absolute Gasteiger partial charge is 0.0556 e. The molecule has 1 N–H and O–H groups in total. The normalized spacial score (nSPS) is 25.5. The van der Waals surface area contributed by atoms with Crippen molar-refractivity contribution in [3.8, 4) is 0 Å². The average Bonchev–Trinajstić information content (AvgIpc) is 2.95. The highest BCUT2D eigenvalue weighted by Gasteiger charge is 2.38. The van der Waals surface area contributed by atoms with Crippen LogP contribution in [0.25, 0.3) is 0 Å². The molecular formula is C21H23N. The lowest BCUT2D eigenvalue weighted by Crippen LogP contribution is -2.30. The highest BCUT2D eigenvalue weighted by atomic mass is 15.0. The molecule has 3 atom stereocenters. The van der Waals surface area contributed by atoms with E-state index in [-0.39, 0.29) is 0 Å². The second-order valence-corrected chi connectivity index (χ2v) is 6.88. The summed E-state index contributed by atoms with van der Waals surface area (Å²) in [6.45, 7) is 6.67. The third-order valence-electron chi connectivity index (χ3n) is 5.34. The largest absolute Gasteiger partial charge is 0.378 e. The van der Waals surface area contributed by atoms with Crippen LogP contribution in [0.2, 0.25) is 0 Å². The van der Waals surface area contributed by atoms with Gasteiger partial charge in [-0.3, -0.25) is 0 Å². The van der Waals surface area contributed by atoms with Crippen LogP contribution in [0.3, 0.4) is 0 Å². The molecule has 2 aromatic carbocycles. The van der Waals surface area contributed by atoms with E-state index < -0.39 is 0 Å². The first kappa shape index (κ1) is 13.6. The molecule has 0 bridgehead atoms. The van der Waals surface area contributed by atoms with Gasteiger partial charge in [0.2, 0.25) is 0 Å². The molecule has 1 aliphatic heterocycles. The Morgan fingerprint density at radius 1 is 1.00 bits per heavy atom. The van der Waals surface area contributed by atoms with Crippen LogP contribution in [0, 0.1) is 26.7 Å². The van der Waals surface area contributed by atoms with Crippen molar-refractivity contribution in [2.75, 3.05) is 5.32 Å². The lowest BCUT2D eigenvalue weighted by molar-refractivity contribution is 0.423. The third kappa shape index (κ3) is 1.99. The van der Waals surface area contributed by atoms with E-state index in [9.17, 15) is 0 Å². The molecule has 112 valence electrons. The van der Waals surface area contributed by atoms with Crippen molar-refractivity contribution in [1.82, 2.24) is 0 Å². The summed E-state index contributed by atoms with van der Waals surface area (Å²) >= 11 is 0. The molecule has 22 heavy (non-hydrogen) atoms. The average molecular weight is 289 g/mol. The predicted molar refractivity (Wildman–Crippen MR) is 93.4 cm³/mol. The fourth-order valence-electron chi connectivity index (χ4n) is 4.38. The zero-order chi connectivity index (χ0) is 15.3. The van der Waals surface area contributed by atoms with Crippen LogP contribution in [0.4, 0.5) is 5.69 Å². The Labute approximate surface area is 133 Å². The Morgan fingerprint density at radius 2 is 1.82 bits per heavy atom. The number of hydrogen-bond donors (Lipinski definition) is 1. The monoisotopic (exact) mass is 289 g/mol. The fourth-order valence-corrected chi connectivity index (χ4v) is 4.38. The molecule has 1 nitrogen and oxygen atoms in total. The van der Waals surface area contributed by atoms with Gasteiger partial charge < -0.3 is 5.32 Å². The molecule has 0 saturated carbocycles. The van der Waals surface area contributed by atoms with Gasteiger partial charge in [-0.25, -0.2) is 0 Å². The number of anilines is 1. The van der Waals surface area contributed by atoms with Gasteiger partial charge in [0.05, 0.1) is 6.04 Å². The van der Waals surface area contributed by atoms with Crippen LogP contribution in [0.15, 0.2) is 48.6 Å². The summed E-state index contributed by atoms with van der Waals surface area (Å²) in [6, 6.07) is 13.9. The summed E-state index contributed by atoms with van der Waals surface area (Å²) in [5.74, 6) is 1.19. The minimum Gasteiger partial charge on any atom is -0.378 e. The van der Waals surface area contributed by atoms with Gasteiger partial charge in [0.15, 0.2) is 0 Å². The van der Waals surface area contributed by atoms with E-state index in [2.05, 4.69) is 74.6 Å². The SMILES string of the molecule is Cc1cc(C)c2c(c1)NC(c1ccccc1C)C1CC=CC21. The molecule has 1 heteroatoms. The first-order chi connectivity index (χ1) is 10.6. The second-order valence-electron chi connectivity index (χ2n) is 6.88. The lowest BCUT2D eigenvalue weighted by atomic mass is 9.74. The quantitative estimate of drug-likeness (QED) is 0.689. The van der Waals surface area contributed by atoms with E-state index in [1.165, 1.54) is 39.9 Å². The van der Waals surface area contributed by atoms with Gasteiger partial charge in [-0.05, 0) is 67.0 Å². The Balaban J connectivity index is 1.86. The van der Waals surface area contributed by atoms with Crippen LogP contribution in [-0.4, -0.2) is 0 Å². The first-order valence-electron chi connectivity index (χ1n) is 8.25. The lowest BCUT2D eigenvalue weighted by Gasteiger charge is -2.39. The summed E-state index contributed by atoms with van der Waals surface area (Å²) in [5.41, 5.74) is 8.44. The minimum atomic E-state index is 0.412. The second kappa shape index (κ2) is 5.01. The van der Waals surface area contributed by atoms with E-state index in [4.69, 9.17) is 0 Å². The molecule has 2 aromatic rings. The molecule has 0 amide bonds. The molecule has 1 aliphatic carbocycles. The van der Waals surface area contributed by atoms with Gasteiger partial charge in [-0.15, -0.1) is 0 Å². The van der Waals surface area contributed by atoms with Gasteiger partial charge in [0.25, 0.3) is 0 Å². The van der Waals surface area contributed by atoms with Gasteiger partial charge in [0.1, 0.15) is 0 Å². The van der Waals surface area contributed by atoms with E-state index in [0.717, 1.165) is 0 Å². The van der Waals surface area contributed by atoms with Gasteiger partial charge in [0, 0.05) is 11.6 Å². The summed E-state index contributed by atoms with van der Waals surface area (Å²) < 4.78 is 0. The summed E-state index contributed by atoms with van der Waals surface area (Å²) in [5, 5.41) is 3.87. The maximum absolute atomic E-state index is 3.87. The van der Waals surface area contributed by atoms with Crippen molar-refractivity contribution in [3.63, 3.8) is 0 Å². The molecule has 1 heterocycles. The van der Waals surface area contributed by atoms with Gasteiger partial charge in [-0.1, -0.05) is 42.5 Å². The van der Waals surface area contributed by atoms with Crippen molar-refractivity contribution in [1.29, 1.82) is 0 Å². The zero-order valence-electron chi connectivity index (χ0n) is 13.6. The number of fused-ring (bicyclic) bond motifs is 3. The minimum absolute atomic E-state index is 0.412. The number of rotatable bonds is 1. The van der Waals surface area contributed by atoms with Crippen molar-refractivity contribution in [2.24, 2.45) is 5.92 Å². The molecule has 4 rings (SSSR count). The van der Waals surface area contributed by atoms with E-state index in [1.807, 2.05) is 0 Å². The fraction of sp³-hybridized carbons (Fsp3) is 0.333. The molecule has 2 aliphatic rings. The van der Waals surface area contributed by atoms with Crippen molar-refractivity contribution >= 4 is 5.69 Å².